The first-order chi connectivity index (χ1) is 12.3. The molecule has 0 aromatic carbocycles. The first-order valence-electron chi connectivity index (χ1n) is 9.48. The summed E-state index contributed by atoms with van der Waals surface area (Å²) in [5.41, 5.74) is 0. The van der Waals surface area contributed by atoms with E-state index in [9.17, 15) is 4.79 Å². The van der Waals surface area contributed by atoms with Gasteiger partial charge in [-0.2, -0.15) is 0 Å². The Morgan fingerprint density at radius 3 is 2.88 bits per heavy atom. The van der Waals surface area contributed by atoms with Crippen LogP contribution in [-0.2, 0) is 11.3 Å². The van der Waals surface area contributed by atoms with Gasteiger partial charge in [-0.15, -0.1) is 0 Å². The first-order valence-corrected chi connectivity index (χ1v) is 9.48. The molecule has 0 radical (unpaired) electrons. The molecule has 7 nitrogen and oxygen atoms in total. The number of likely N-dealkylation sites (tertiary alicyclic amines) is 1. The highest BCUT2D eigenvalue weighted by Gasteiger charge is 2.32. The Balaban J connectivity index is 1.36. The van der Waals surface area contributed by atoms with Gasteiger partial charge in [-0.05, 0) is 25.7 Å². The number of hydrogen-bond donors (Lipinski definition) is 2. The third kappa shape index (κ3) is 4.96. The lowest BCUT2D eigenvalue weighted by molar-refractivity contribution is -0.134. The zero-order valence-electron chi connectivity index (χ0n) is 15.2. The summed E-state index contributed by atoms with van der Waals surface area (Å²) in [7, 11) is 1.79. The molecule has 2 aliphatic rings. The number of aromatic nitrogens is 2. The lowest BCUT2D eigenvalue weighted by Gasteiger charge is -2.21. The second-order valence-electron chi connectivity index (χ2n) is 7.05. The van der Waals surface area contributed by atoms with Crippen molar-refractivity contribution < 1.29 is 4.79 Å². The van der Waals surface area contributed by atoms with Crippen molar-refractivity contribution in [2.45, 2.75) is 51.1 Å². The lowest BCUT2D eigenvalue weighted by Crippen LogP contribution is -2.45. The Morgan fingerprint density at radius 2 is 2.16 bits per heavy atom. The maximum Gasteiger partial charge on any atom is 0.225 e. The molecule has 138 valence electrons. The van der Waals surface area contributed by atoms with Crippen LogP contribution in [0.1, 0.15) is 38.5 Å². The second-order valence-corrected chi connectivity index (χ2v) is 7.05. The van der Waals surface area contributed by atoms with Gasteiger partial charge in [-0.1, -0.05) is 12.8 Å². The molecule has 1 aliphatic carbocycles. The fourth-order valence-corrected chi connectivity index (χ4v) is 3.78. The number of imidazole rings is 1. The summed E-state index contributed by atoms with van der Waals surface area (Å²) in [6.07, 6.45) is 12.2. The van der Waals surface area contributed by atoms with Gasteiger partial charge in [0.2, 0.25) is 5.91 Å². The summed E-state index contributed by atoms with van der Waals surface area (Å²) >= 11 is 0. The molecule has 0 spiro atoms. The highest BCUT2D eigenvalue weighted by atomic mass is 16.2. The van der Waals surface area contributed by atoms with Crippen LogP contribution in [0.4, 0.5) is 0 Å². The molecule has 25 heavy (non-hydrogen) atoms. The Labute approximate surface area is 149 Å². The Hall–Kier alpha value is -2.05. The van der Waals surface area contributed by atoms with Crippen molar-refractivity contribution in [2.75, 3.05) is 26.7 Å². The van der Waals surface area contributed by atoms with Gasteiger partial charge in [0.05, 0.1) is 6.33 Å². The summed E-state index contributed by atoms with van der Waals surface area (Å²) in [4.78, 5) is 22.9. The number of nitrogens with one attached hydrogen (secondary N) is 2. The topological polar surface area (TPSA) is 74.6 Å². The molecule has 1 saturated carbocycles. The first kappa shape index (κ1) is 17.8. The van der Waals surface area contributed by atoms with Crippen LogP contribution >= 0.6 is 0 Å². The number of aliphatic imine (C=N–C) groups is 1. The zero-order valence-corrected chi connectivity index (χ0v) is 15.2. The summed E-state index contributed by atoms with van der Waals surface area (Å²) in [5, 5.41) is 6.82. The number of amides is 1. The van der Waals surface area contributed by atoms with Gasteiger partial charge in [0.15, 0.2) is 5.96 Å². The van der Waals surface area contributed by atoms with Crippen molar-refractivity contribution >= 4 is 11.9 Å². The van der Waals surface area contributed by atoms with Crippen LogP contribution in [0, 0.1) is 5.92 Å². The summed E-state index contributed by atoms with van der Waals surface area (Å²) in [5.74, 6) is 1.47. The van der Waals surface area contributed by atoms with Gasteiger partial charge in [-0.3, -0.25) is 9.79 Å². The third-order valence-corrected chi connectivity index (χ3v) is 5.21. The van der Waals surface area contributed by atoms with Crippen LogP contribution in [0.3, 0.4) is 0 Å². The molecule has 1 aromatic rings. The molecule has 0 bridgehead atoms. The van der Waals surface area contributed by atoms with Gasteiger partial charge in [-0.25, -0.2) is 4.98 Å². The van der Waals surface area contributed by atoms with Crippen LogP contribution in [-0.4, -0.2) is 59.0 Å². The highest BCUT2D eigenvalue weighted by molar-refractivity contribution is 5.81. The van der Waals surface area contributed by atoms with Crippen molar-refractivity contribution in [3.63, 3.8) is 0 Å². The molecular formula is C18H30N6O. The molecule has 1 aromatic heterocycles. The minimum atomic E-state index is 0.277. The largest absolute Gasteiger partial charge is 0.356 e. The molecule has 1 unspecified atom stereocenters. The minimum Gasteiger partial charge on any atom is -0.356 e. The highest BCUT2D eigenvalue weighted by Crippen LogP contribution is 2.27. The van der Waals surface area contributed by atoms with E-state index in [0.717, 1.165) is 57.8 Å². The van der Waals surface area contributed by atoms with E-state index in [1.165, 1.54) is 12.8 Å². The number of rotatable bonds is 6. The van der Waals surface area contributed by atoms with E-state index < -0.39 is 0 Å². The van der Waals surface area contributed by atoms with Crippen LogP contribution < -0.4 is 10.6 Å². The average Bonchev–Trinajstić information content (AvgIpc) is 3.39. The smallest absolute Gasteiger partial charge is 0.225 e. The van der Waals surface area contributed by atoms with Gasteiger partial charge in [0.1, 0.15) is 0 Å². The van der Waals surface area contributed by atoms with Crippen LogP contribution in [0.2, 0.25) is 0 Å². The Bertz CT molecular complexity index is 564. The molecule has 2 fully saturated rings. The summed E-state index contributed by atoms with van der Waals surface area (Å²) in [6, 6.07) is 0.296. The quantitative estimate of drug-likeness (QED) is 0.462. The van der Waals surface area contributed by atoms with E-state index >= 15 is 0 Å². The molecule has 1 saturated heterocycles. The molecule has 7 heteroatoms. The monoisotopic (exact) mass is 346 g/mol. The van der Waals surface area contributed by atoms with E-state index in [0.29, 0.717) is 11.9 Å². The van der Waals surface area contributed by atoms with E-state index in [4.69, 9.17) is 0 Å². The molecule has 3 rings (SSSR count). The molecule has 1 atom stereocenters. The number of guanidine groups is 1. The van der Waals surface area contributed by atoms with Crippen LogP contribution in [0.15, 0.2) is 23.7 Å². The molecule has 1 amide bonds. The maximum absolute atomic E-state index is 12.5. The van der Waals surface area contributed by atoms with E-state index in [-0.39, 0.29) is 5.92 Å². The Morgan fingerprint density at radius 1 is 1.32 bits per heavy atom. The van der Waals surface area contributed by atoms with Gasteiger partial charge < -0.3 is 20.1 Å². The van der Waals surface area contributed by atoms with Crippen LogP contribution in [0.5, 0.6) is 0 Å². The molecular weight excluding hydrogens is 316 g/mol. The third-order valence-electron chi connectivity index (χ3n) is 5.21. The summed E-state index contributed by atoms with van der Waals surface area (Å²) < 4.78 is 2.07. The normalized spacial score (nSPS) is 21.7. The van der Waals surface area contributed by atoms with E-state index in [2.05, 4.69) is 25.2 Å². The Kier molecular flexibility index (Phi) is 6.30. The number of carbonyl (C=O) groups is 1. The van der Waals surface area contributed by atoms with E-state index in [1.807, 2.05) is 17.4 Å². The number of carbonyl (C=O) groups excluding carboxylic acids is 1. The van der Waals surface area contributed by atoms with Crippen molar-refractivity contribution in [2.24, 2.45) is 10.9 Å². The zero-order chi connectivity index (χ0) is 17.5. The fourth-order valence-electron chi connectivity index (χ4n) is 3.78. The van der Waals surface area contributed by atoms with Gasteiger partial charge in [0.25, 0.3) is 0 Å². The average molecular weight is 346 g/mol. The van der Waals surface area contributed by atoms with Gasteiger partial charge >= 0.3 is 0 Å². The molecule has 2 N–H and O–H groups in total. The predicted molar refractivity (Wildman–Crippen MR) is 98.3 cm³/mol. The molecule has 1 aliphatic heterocycles. The van der Waals surface area contributed by atoms with Crippen molar-refractivity contribution in [3.8, 4) is 0 Å². The summed E-state index contributed by atoms with van der Waals surface area (Å²) in [6.45, 7) is 3.46. The van der Waals surface area contributed by atoms with Crippen LogP contribution in [0.25, 0.3) is 0 Å². The minimum absolute atomic E-state index is 0.277. The van der Waals surface area contributed by atoms with E-state index in [1.54, 1.807) is 13.2 Å². The second kappa shape index (κ2) is 8.87. The lowest BCUT2D eigenvalue weighted by atomic mass is 10.1. The fraction of sp³-hybridized carbons (Fsp3) is 0.722. The predicted octanol–water partition coefficient (Wildman–Crippen LogP) is 1.23. The number of aryl methyl sites for hydroxylation is 1. The van der Waals surface area contributed by atoms with Crippen molar-refractivity contribution in [3.05, 3.63) is 18.7 Å². The number of nitrogens with zero attached hydrogens (tertiary/aromatic N) is 4. The van der Waals surface area contributed by atoms with Crippen molar-refractivity contribution in [1.82, 2.24) is 25.1 Å². The number of hydrogen-bond acceptors (Lipinski definition) is 3. The SMILES string of the molecule is CN=C(NCCCn1ccnc1)NC1CCN(C(=O)C2CCCC2)C1. The van der Waals surface area contributed by atoms with Crippen molar-refractivity contribution in [1.29, 1.82) is 0 Å². The van der Waals surface area contributed by atoms with Gasteiger partial charge in [0, 0.05) is 57.6 Å². The molecule has 2 heterocycles. The maximum atomic E-state index is 12.5. The standard InChI is InChI=1S/C18H30N6O/c1-19-18(21-8-4-10-23-12-9-20-14-23)22-16-7-11-24(13-16)17(25)15-5-2-3-6-15/h9,12,14-16H,2-8,10-11,13H2,1H3,(H2,19,21,22).